The number of hydrogen-bond acceptors (Lipinski definition) is 5. The number of ether oxygens (including phenoxy) is 2. The predicted molar refractivity (Wildman–Crippen MR) is 108 cm³/mol. The van der Waals surface area contributed by atoms with Crippen LogP contribution >= 0.6 is 0 Å². The summed E-state index contributed by atoms with van der Waals surface area (Å²) in [7, 11) is -0.617. The van der Waals surface area contributed by atoms with Crippen molar-refractivity contribution in [3.8, 4) is 5.75 Å². The van der Waals surface area contributed by atoms with Gasteiger partial charge in [-0.3, -0.25) is 0 Å². The molecule has 0 spiro atoms. The van der Waals surface area contributed by atoms with Crippen molar-refractivity contribution in [1.29, 1.82) is 0 Å². The van der Waals surface area contributed by atoms with Crippen molar-refractivity contribution in [1.82, 2.24) is 4.31 Å². The molecule has 0 aliphatic heterocycles. The summed E-state index contributed by atoms with van der Waals surface area (Å²) in [6.07, 6.45) is 0. The zero-order valence-electron chi connectivity index (χ0n) is 16.9. The van der Waals surface area contributed by atoms with Crippen LogP contribution in [0.25, 0.3) is 0 Å². The Balaban J connectivity index is 1.84. The zero-order chi connectivity index (χ0) is 20.9. The third kappa shape index (κ3) is 5.56. The predicted octanol–water partition coefficient (Wildman–Crippen LogP) is 3.47. The molecule has 0 fully saturated rings. The lowest BCUT2D eigenvalue weighted by molar-refractivity contribution is 0.0450. The van der Waals surface area contributed by atoms with Crippen LogP contribution in [0.4, 0.5) is 0 Å². The van der Waals surface area contributed by atoms with Gasteiger partial charge in [0.1, 0.15) is 19.0 Å². The average Bonchev–Trinajstić information content (AvgIpc) is 2.64. The van der Waals surface area contributed by atoms with Gasteiger partial charge in [0.25, 0.3) is 0 Å². The van der Waals surface area contributed by atoms with Crippen molar-refractivity contribution in [2.24, 2.45) is 0 Å². The third-order valence-electron chi connectivity index (χ3n) is 4.17. The first-order valence-electron chi connectivity index (χ1n) is 8.95. The molecule has 28 heavy (non-hydrogen) atoms. The minimum Gasteiger partial charge on any atom is -0.490 e. The second-order valence-corrected chi connectivity index (χ2v) is 9.72. The van der Waals surface area contributed by atoms with E-state index in [9.17, 15) is 13.2 Å². The van der Waals surface area contributed by atoms with E-state index >= 15 is 0 Å². The fraction of sp³-hybridized carbons (Fsp3) is 0.381. The van der Waals surface area contributed by atoms with E-state index in [1.807, 2.05) is 24.3 Å². The maximum atomic E-state index is 12.1. The number of hydrogen-bond donors (Lipinski definition) is 0. The van der Waals surface area contributed by atoms with E-state index in [2.05, 4.69) is 20.8 Å². The highest BCUT2D eigenvalue weighted by atomic mass is 32.2. The SMILES string of the molecule is CN(C)S(=O)(=O)c1ccc(C(=O)OCCOc2ccc(C(C)(C)C)cc2)cc1. The molecule has 0 saturated carbocycles. The molecule has 152 valence electrons. The van der Waals surface area contributed by atoms with E-state index in [4.69, 9.17) is 9.47 Å². The molecule has 2 aromatic carbocycles. The van der Waals surface area contributed by atoms with Gasteiger partial charge in [-0.2, -0.15) is 0 Å². The van der Waals surface area contributed by atoms with Gasteiger partial charge in [0.2, 0.25) is 10.0 Å². The van der Waals surface area contributed by atoms with Crippen LogP contribution in [0.2, 0.25) is 0 Å². The maximum Gasteiger partial charge on any atom is 0.338 e. The van der Waals surface area contributed by atoms with E-state index in [-0.39, 0.29) is 29.1 Å². The van der Waals surface area contributed by atoms with Gasteiger partial charge >= 0.3 is 5.97 Å². The number of carbonyl (C=O) groups is 1. The molecule has 0 unspecified atom stereocenters. The van der Waals surface area contributed by atoms with Crippen molar-refractivity contribution in [3.63, 3.8) is 0 Å². The smallest absolute Gasteiger partial charge is 0.338 e. The Morgan fingerprint density at radius 1 is 0.929 bits per heavy atom. The molecule has 0 aliphatic carbocycles. The summed E-state index contributed by atoms with van der Waals surface area (Å²) in [5.41, 5.74) is 1.58. The molecule has 0 N–H and O–H groups in total. The number of nitrogens with zero attached hydrogens (tertiary/aromatic N) is 1. The van der Waals surface area contributed by atoms with Gasteiger partial charge in [0.15, 0.2) is 0 Å². The summed E-state index contributed by atoms with van der Waals surface area (Å²) >= 11 is 0. The number of carbonyl (C=O) groups excluding carboxylic acids is 1. The molecule has 0 heterocycles. The van der Waals surface area contributed by atoms with E-state index in [0.717, 1.165) is 4.31 Å². The Kier molecular flexibility index (Phi) is 6.85. The van der Waals surface area contributed by atoms with Crippen molar-refractivity contribution in [3.05, 3.63) is 59.7 Å². The van der Waals surface area contributed by atoms with Crippen LogP contribution in [-0.4, -0.2) is 46.0 Å². The molecule has 2 rings (SSSR count). The van der Waals surface area contributed by atoms with Gasteiger partial charge in [-0.05, 0) is 47.4 Å². The second-order valence-electron chi connectivity index (χ2n) is 7.57. The topological polar surface area (TPSA) is 72.9 Å². The van der Waals surface area contributed by atoms with Gasteiger partial charge in [0, 0.05) is 14.1 Å². The molecule has 7 heteroatoms. The monoisotopic (exact) mass is 405 g/mol. The van der Waals surface area contributed by atoms with Crippen LogP contribution in [0.1, 0.15) is 36.7 Å². The molecule has 0 aromatic heterocycles. The van der Waals surface area contributed by atoms with Crippen LogP contribution in [0, 0.1) is 0 Å². The molecule has 0 amide bonds. The number of rotatable bonds is 7. The minimum atomic E-state index is -3.52. The number of benzene rings is 2. The summed E-state index contributed by atoms with van der Waals surface area (Å²) in [5.74, 6) is 0.183. The fourth-order valence-electron chi connectivity index (χ4n) is 2.40. The van der Waals surface area contributed by atoms with Crippen molar-refractivity contribution >= 4 is 16.0 Å². The lowest BCUT2D eigenvalue weighted by Crippen LogP contribution is -2.22. The summed E-state index contributed by atoms with van der Waals surface area (Å²) in [6.45, 7) is 6.76. The lowest BCUT2D eigenvalue weighted by atomic mass is 9.87. The zero-order valence-corrected chi connectivity index (χ0v) is 17.7. The Bertz CT molecular complexity index is 895. The van der Waals surface area contributed by atoms with E-state index in [1.165, 1.54) is 43.9 Å². The fourth-order valence-corrected chi connectivity index (χ4v) is 3.30. The highest BCUT2D eigenvalue weighted by Crippen LogP contribution is 2.24. The highest BCUT2D eigenvalue weighted by Gasteiger charge is 2.18. The van der Waals surface area contributed by atoms with Crippen LogP contribution in [0.3, 0.4) is 0 Å². The standard InChI is InChI=1S/C21H27NO5S/c1-21(2,3)17-8-10-18(11-9-17)26-14-15-27-20(23)16-6-12-19(13-7-16)28(24,25)22(4)5/h6-13H,14-15H2,1-5H3. The Labute approximate surface area is 167 Å². The normalized spacial score (nSPS) is 12.1. The Morgan fingerprint density at radius 3 is 2.00 bits per heavy atom. The summed E-state index contributed by atoms with van der Waals surface area (Å²) in [4.78, 5) is 12.2. The second kappa shape index (κ2) is 8.75. The third-order valence-corrected chi connectivity index (χ3v) is 6.00. The largest absolute Gasteiger partial charge is 0.490 e. The van der Waals surface area contributed by atoms with Crippen molar-refractivity contribution in [2.75, 3.05) is 27.3 Å². The number of sulfonamides is 1. The van der Waals surface area contributed by atoms with Crippen LogP contribution in [0.5, 0.6) is 5.75 Å². The maximum absolute atomic E-state index is 12.1. The van der Waals surface area contributed by atoms with E-state index in [1.54, 1.807) is 0 Å². The molecular weight excluding hydrogens is 378 g/mol. The van der Waals surface area contributed by atoms with Gasteiger partial charge in [0.05, 0.1) is 10.5 Å². The molecule has 0 atom stereocenters. The molecule has 6 nitrogen and oxygen atoms in total. The summed E-state index contributed by atoms with van der Waals surface area (Å²) in [6, 6.07) is 13.5. The molecular formula is C21H27NO5S. The molecule has 0 aliphatic rings. The lowest BCUT2D eigenvalue weighted by Gasteiger charge is -2.19. The summed E-state index contributed by atoms with van der Waals surface area (Å²) < 4.78 is 35.9. The minimum absolute atomic E-state index is 0.0789. The molecule has 2 aromatic rings. The first-order chi connectivity index (χ1) is 13.0. The Hall–Kier alpha value is -2.38. The van der Waals surface area contributed by atoms with Gasteiger partial charge in [-0.25, -0.2) is 17.5 Å². The van der Waals surface area contributed by atoms with E-state index in [0.29, 0.717) is 5.75 Å². The van der Waals surface area contributed by atoms with Crippen molar-refractivity contribution in [2.45, 2.75) is 31.1 Å². The highest BCUT2D eigenvalue weighted by molar-refractivity contribution is 7.89. The first-order valence-corrected chi connectivity index (χ1v) is 10.4. The van der Waals surface area contributed by atoms with Gasteiger partial charge in [-0.1, -0.05) is 32.9 Å². The molecule has 0 saturated heterocycles. The van der Waals surface area contributed by atoms with Crippen molar-refractivity contribution < 1.29 is 22.7 Å². The van der Waals surface area contributed by atoms with Crippen LogP contribution in [0.15, 0.2) is 53.4 Å². The average molecular weight is 406 g/mol. The quantitative estimate of drug-likeness (QED) is 0.521. The first kappa shape index (κ1) is 21.9. The summed E-state index contributed by atoms with van der Waals surface area (Å²) in [5, 5.41) is 0. The van der Waals surface area contributed by atoms with Gasteiger partial charge in [-0.15, -0.1) is 0 Å². The van der Waals surface area contributed by atoms with Crippen LogP contribution in [-0.2, 0) is 20.2 Å². The number of esters is 1. The van der Waals surface area contributed by atoms with Gasteiger partial charge < -0.3 is 9.47 Å². The molecule has 0 radical (unpaired) electrons. The van der Waals surface area contributed by atoms with E-state index < -0.39 is 16.0 Å². The Morgan fingerprint density at radius 2 is 1.50 bits per heavy atom. The van der Waals surface area contributed by atoms with Crippen LogP contribution < -0.4 is 4.74 Å². The molecule has 0 bridgehead atoms.